The van der Waals surface area contributed by atoms with E-state index in [-0.39, 0.29) is 10.6 Å². The molecule has 0 saturated carbocycles. The fourth-order valence-corrected chi connectivity index (χ4v) is 4.13. The van der Waals surface area contributed by atoms with Crippen LogP contribution in [0, 0.1) is 0 Å². The molecule has 1 heterocycles. The van der Waals surface area contributed by atoms with Crippen LogP contribution in [-0.4, -0.2) is 32.3 Å². The van der Waals surface area contributed by atoms with Gasteiger partial charge in [0.25, 0.3) is 10.0 Å². The van der Waals surface area contributed by atoms with Crippen molar-refractivity contribution in [2.24, 2.45) is 0 Å². The average Bonchev–Trinajstić information content (AvgIpc) is 2.62. The maximum absolute atomic E-state index is 12.5. The molecular weight excluding hydrogens is 307 g/mol. The third kappa shape index (κ3) is 2.06. The van der Waals surface area contributed by atoms with E-state index in [9.17, 15) is 26.7 Å². The minimum Gasteiger partial charge on any atom is -0.382 e. The molecule has 2 aromatic rings. The van der Waals surface area contributed by atoms with Gasteiger partial charge in [-0.15, -0.1) is 0 Å². The maximum atomic E-state index is 12.5. The first-order valence-electron chi connectivity index (χ1n) is 6.02. The number of aliphatic hydroxyl groups excluding tert-OH is 1. The highest BCUT2D eigenvalue weighted by molar-refractivity contribution is 7.93. The minimum absolute atomic E-state index is 0.0371. The second-order valence-corrected chi connectivity index (χ2v) is 6.56. The number of β-amino-alcohol motifs (C(OH)–C–C–N with tert-alkyl or cyclic N) is 1. The van der Waals surface area contributed by atoms with Gasteiger partial charge in [0.2, 0.25) is 0 Å². The van der Waals surface area contributed by atoms with E-state index < -0.39 is 28.8 Å². The molecule has 0 amide bonds. The van der Waals surface area contributed by atoms with Crippen molar-refractivity contribution in [3.63, 3.8) is 0 Å². The molecule has 1 aliphatic heterocycles. The largest absolute Gasteiger partial charge is 0.416 e. The van der Waals surface area contributed by atoms with Gasteiger partial charge >= 0.3 is 6.18 Å². The number of anilines is 1. The van der Waals surface area contributed by atoms with Crippen molar-refractivity contribution < 1.29 is 26.7 Å². The minimum atomic E-state index is -4.88. The summed E-state index contributed by atoms with van der Waals surface area (Å²) in [5.41, 5.74) is 0.159. The highest BCUT2D eigenvalue weighted by Gasteiger charge is 2.44. The molecule has 21 heavy (non-hydrogen) atoms. The van der Waals surface area contributed by atoms with Gasteiger partial charge in [0.15, 0.2) is 6.10 Å². The van der Waals surface area contributed by atoms with Crippen LogP contribution in [0.2, 0.25) is 0 Å². The van der Waals surface area contributed by atoms with E-state index >= 15 is 0 Å². The van der Waals surface area contributed by atoms with E-state index in [4.69, 9.17) is 0 Å². The zero-order valence-corrected chi connectivity index (χ0v) is 11.3. The van der Waals surface area contributed by atoms with Crippen LogP contribution in [0.25, 0.3) is 10.8 Å². The van der Waals surface area contributed by atoms with Crippen LogP contribution in [-0.2, 0) is 10.0 Å². The second kappa shape index (κ2) is 4.35. The quantitative estimate of drug-likeness (QED) is 0.924. The molecule has 0 spiro atoms. The summed E-state index contributed by atoms with van der Waals surface area (Å²) >= 11 is 0. The predicted octanol–water partition coefficient (Wildman–Crippen LogP) is 2.27. The van der Waals surface area contributed by atoms with E-state index in [0.717, 1.165) is 0 Å². The van der Waals surface area contributed by atoms with E-state index in [1.165, 1.54) is 18.2 Å². The lowest BCUT2D eigenvalue weighted by Gasteiger charge is -2.23. The molecule has 0 unspecified atom stereocenters. The number of nitrogens with zero attached hydrogens (tertiary/aromatic N) is 1. The Morgan fingerprint density at radius 1 is 1.14 bits per heavy atom. The zero-order valence-electron chi connectivity index (χ0n) is 10.5. The number of alkyl halides is 3. The van der Waals surface area contributed by atoms with Crippen molar-refractivity contribution in [2.45, 2.75) is 17.2 Å². The smallest absolute Gasteiger partial charge is 0.382 e. The SMILES string of the molecule is O=S1(=O)c2cccc3cccc(c23)N1C[C@@H](O)C(F)(F)F. The number of sulfonamides is 1. The van der Waals surface area contributed by atoms with Crippen LogP contribution in [0.5, 0.6) is 0 Å². The molecule has 0 fully saturated rings. The summed E-state index contributed by atoms with van der Waals surface area (Å²) in [7, 11) is -4.08. The second-order valence-electron chi connectivity index (χ2n) is 4.72. The molecule has 8 heteroatoms. The van der Waals surface area contributed by atoms with Gasteiger partial charge in [-0.1, -0.05) is 24.3 Å². The molecule has 4 nitrogen and oxygen atoms in total. The number of rotatable bonds is 2. The van der Waals surface area contributed by atoms with Crippen molar-refractivity contribution in [1.82, 2.24) is 0 Å². The van der Waals surface area contributed by atoms with Crippen LogP contribution in [0.4, 0.5) is 18.9 Å². The van der Waals surface area contributed by atoms with Crippen molar-refractivity contribution in [1.29, 1.82) is 0 Å². The summed E-state index contributed by atoms with van der Waals surface area (Å²) in [5.74, 6) is 0. The molecule has 0 radical (unpaired) electrons. The topological polar surface area (TPSA) is 57.6 Å². The summed E-state index contributed by atoms with van der Waals surface area (Å²) in [6.45, 7) is -1.06. The standard InChI is InChI=1S/C13H10F3NO3S/c14-13(15,16)11(18)7-17-9-5-1-3-8-4-2-6-10(12(8)9)21(17,19)20/h1-6,11,18H,7H2/t11-/m1/s1. The summed E-state index contributed by atoms with van der Waals surface area (Å²) in [4.78, 5) is -0.0371. The molecule has 0 bridgehead atoms. The maximum Gasteiger partial charge on any atom is 0.416 e. The Hall–Kier alpha value is -1.80. The van der Waals surface area contributed by atoms with E-state index in [0.29, 0.717) is 15.1 Å². The third-order valence-corrected chi connectivity index (χ3v) is 5.22. The van der Waals surface area contributed by atoms with Crippen molar-refractivity contribution in [3.8, 4) is 0 Å². The third-order valence-electron chi connectivity index (χ3n) is 3.40. The fraction of sp³-hybridized carbons (Fsp3) is 0.231. The first-order chi connectivity index (χ1) is 9.73. The van der Waals surface area contributed by atoms with Crippen LogP contribution in [0.1, 0.15) is 0 Å². The van der Waals surface area contributed by atoms with Crippen LogP contribution in [0.15, 0.2) is 41.3 Å². The number of aliphatic hydroxyl groups is 1. The Kier molecular flexibility index (Phi) is 2.93. The predicted molar refractivity (Wildman–Crippen MR) is 70.5 cm³/mol. The van der Waals surface area contributed by atoms with Gasteiger partial charge in [-0.2, -0.15) is 13.2 Å². The van der Waals surface area contributed by atoms with Crippen molar-refractivity contribution >= 4 is 26.5 Å². The molecule has 0 saturated heterocycles. The van der Waals surface area contributed by atoms with Crippen molar-refractivity contribution in [2.75, 3.05) is 10.8 Å². The van der Waals surface area contributed by atoms with E-state index in [1.54, 1.807) is 18.2 Å². The lowest BCUT2D eigenvalue weighted by molar-refractivity contribution is -0.199. The lowest BCUT2D eigenvalue weighted by atomic mass is 10.1. The van der Waals surface area contributed by atoms with Gasteiger partial charge in [0.1, 0.15) is 0 Å². The summed E-state index contributed by atoms with van der Waals surface area (Å²) < 4.78 is 62.9. The number of hydrogen-bond donors (Lipinski definition) is 1. The Bertz CT molecular complexity index is 812. The van der Waals surface area contributed by atoms with Crippen LogP contribution >= 0.6 is 0 Å². The molecule has 3 rings (SSSR count). The molecule has 1 aliphatic rings. The summed E-state index contributed by atoms with van der Waals surface area (Å²) in [6.07, 6.45) is -7.62. The Morgan fingerprint density at radius 3 is 2.38 bits per heavy atom. The summed E-state index contributed by atoms with van der Waals surface area (Å²) in [5, 5.41) is 10.2. The Balaban J connectivity index is 2.15. The van der Waals surface area contributed by atoms with Crippen LogP contribution < -0.4 is 4.31 Å². The summed E-state index contributed by atoms with van der Waals surface area (Å²) in [6, 6.07) is 9.24. The number of benzene rings is 2. The number of hydrogen-bond acceptors (Lipinski definition) is 3. The average molecular weight is 317 g/mol. The highest BCUT2D eigenvalue weighted by atomic mass is 32.2. The monoisotopic (exact) mass is 317 g/mol. The lowest BCUT2D eigenvalue weighted by Crippen LogP contribution is -2.42. The molecule has 2 aromatic carbocycles. The Labute approximate surface area is 118 Å². The van der Waals surface area contributed by atoms with Crippen LogP contribution in [0.3, 0.4) is 0 Å². The molecule has 112 valence electrons. The highest BCUT2D eigenvalue weighted by Crippen LogP contribution is 2.42. The first-order valence-corrected chi connectivity index (χ1v) is 7.46. The van der Waals surface area contributed by atoms with Crippen molar-refractivity contribution in [3.05, 3.63) is 36.4 Å². The fourth-order valence-electron chi connectivity index (χ4n) is 2.42. The first kappa shape index (κ1) is 14.2. The van der Waals surface area contributed by atoms with Gasteiger partial charge < -0.3 is 5.11 Å². The molecule has 0 aromatic heterocycles. The molecule has 1 atom stereocenters. The normalized spacial score (nSPS) is 18.2. The van der Waals surface area contributed by atoms with E-state index in [1.807, 2.05) is 0 Å². The van der Waals surface area contributed by atoms with Gasteiger partial charge in [0.05, 0.1) is 17.1 Å². The zero-order chi connectivity index (χ0) is 15.4. The van der Waals surface area contributed by atoms with Gasteiger partial charge in [-0.3, -0.25) is 4.31 Å². The Morgan fingerprint density at radius 2 is 1.76 bits per heavy atom. The molecule has 1 N–H and O–H groups in total. The number of halogens is 3. The van der Waals surface area contributed by atoms with E-state index in [2.05, 4.69) is 0 Å². The molecule has 0 aliphatic carbocycles. The van der Waals surface area contributed by atoms with Gasteiger partial charge in [-0.05, 0) is 17.5 Å². The molecular formula is C13H10F3NO3S. The van der Waals surface area contributed by atoms with Gasteiger partial charge in [0, 0.05) is 5.39 Å². The van der Waals surface area contributed by atoms with Gasteiger partial charge in [-0.25, -0.2) is 8.42 Å².